The molecule has 10 heteroatoms. The van der Waals surface area contributed by atoms with E-state index in [-0.39, 0.29) is 22.8 Å². The summed E-state index contributed by atoms with van der Waals surface area (Å²) in [6.07, 6.45) is 0. The Morgan fingerprint density at radius 2 is 1.90 bits per heavy atom. The molecule has 0 unspecified atom stereocenters. The van der Waals surface area contributed by atoms with Crippen molar-refractivity contribution in [3.8, 4) is 0 Å². The van der Waals surface area contributed by atoms with Gasteiger partial charge in [-0.3, -0.25) is 16.0 Å². The number of nitrogens with zero attached hydrogens (tertiary/aromatic N) is 3. The van der Waals surface area contributed by atoms with E-state index in [1.165, 1.54) is 17.4 Å². The van der Waals surface area contributed by atoms with Crippen molar-refractivity contribution < 1.29 is 13.3 Å². The third-order valence-corrected chi connectivity index (χ3v) is 4.79. The lowest BCUT2D eigenvalue weighted by atomic mass is 10.3. The Balaban J connectivity index is 3.16. The van der Waals surface area contributed by atoms with Gasteiger partial charge in [-0.05, 0) is 20.2 Å². The first-order chi connectivity index (χ1) is 9.70. The molecule has 118 valence electrons. The van der Waals surface area contributed by atoms with Gasteiger partial charge in [0.25, 0.3) is 5.69 Å². The van der Waals surface area contributed by atoms with E-state index in [9.17, 15) is 18.5 Å². The number of hydrogen-bond donors (Lipinski definition) is 2. The molecule has 0 aliphatic carbocycles. The van der Waals surface area contributed by atoms with E-state index in [1.807, 2.05) is 19.0 Å². The summed E-state index contributed by atoms with van der Waals surface area (Å²) in [5, 5.41) is 10.7. The second kappa shape index (κ2) is 6.80. The van der Waals surface area contributed by atoms with Crippen molar-refractivity contribution in [3.63, 3.8) is 0 Å². The minimum atomic E-state index is -3.78. The fourth-order valence-electron chi connectivity index (χ4n) is 1.60. The van der Waals surface area contributed by atoms with Gasteiger partial charge in [-0.1, -0.05) is 0 Å². The maximum atomic E-state index is 12.4. The highest BCUT2D eigenvalue weighted by molar-refractivity contribution is 7.89. The summed E-state index contributed by atoms with van der Waals surface area (Å²) in [5.74, 6) is 5.27. The van der Waals surface area contributed by atoms with Crippen LogP contribution in [-0.4, -0.2) is 56.8 Å². The molecule has 0 aliphatic heterocycles. The molecule has 1 rings (SSSR count). The minimum Gasteiger partial charge on any atom is -0.323 e. The highest BCUT2D eigenvalue weighted by Crippen LogP contribution is 2.27. The van der Waals surface area contributed by atoms with Crippen LogP contribution >= 0.6 is 0 Å². The van der Waals surface area contributed by atoms with Crippen LogP contribution in [0.1, 0.15) is 0 Å². The summed E-state index contributed by atoms with van der Waals surface area (Å²) in [6.45, 7) is 0.838. The fourth-order valence-corrected chi connectivity index (χ4v) is 2.89. The van der Waals surface area contributed by atoms with Crippen LogP contribution in [0.5, 0.6) is 0 Å². The predicted octanol–water partition coefficient (Wildman–Crippen LogP) is 0.0625. The van der Waals surface area contributed by atoms with Gasteiger partial charge in [0.15, 0.2) is 0 Å². The second-order valence-corrected chi connectivity index (χ2v) is 6.73. The number of anilines is 1. The van der Waals surface area contributed by atoms with Crippen LogP contribution in [-0.2, 0) is 10.0 Å². The molecule has 0 fully saturated rings. The Labute approximate surface area is 123 Å². The third kappa shape index (κ3) is 4.11. The van der Waals surface area contributed by atoms with E-state index < -0.39 is 14.9 Å². The molecule has 0 heterocycles. The lowest BCUT2D eigenvalue weighted by Crippen LogP contribution is -2.34. The number of likely N-dealkylation sites (N-methyl/N-ethyl adjacent to an activating group) is 2. The number of nitrogens with two attached hydrogens (primary N) is 1. The zero-order chi connectivity index (χ0) is 16.2. The molecule has 0 saturated heterocycles. The quantitative estimate of drug-likeness (QED) is 0.414. The molecule has 0 radical (unpaired) electrons. The average molecular weight is 317 g/mol. The summed E-state index contributed by atoms with van der Waals surface area (Å²) >= 11 is 0. The van der Waals surface area contributed by atoms with E-state index in [0.29, 0.717) is 6.54 Å². The van der Waals surface area contributed by atoms with E-state index in [0.717, 1.165) is 12.1 Å². The average Bonchev–Trinajstić information content (AvgIpc) is 2.43. The van der Waals surface area contributed by atoms with Crippen molar-refractivity contribution in [3.05, 3.63) is 28.3 Å². The van der Waals surface area contributed by atoms with Gasteiger partial charge in [0.2, 0.25) is 10.0 Å². The SMILES string of the molecule is CN(C)CCN(C)S(=O)(=O)c1ccc([N+](=O)[O-])cc1NN. The third-order valence-electron chi connectivity index (χ3n) is 2.88. The number of sulfonamides is 1. The monoisotopic (exact) mass is 317 g/mol. The normalized spacial score (nSPS) is 11.9. The number of non-ortho nitro benzene ring substituents is 1. The van der Waals surface area contributed by atoms with Gasteiger partial charge in [0, 0.05) is 32.3 Å². The summed E-state index contributed by atoms with van der Waals surface area (Å²) in [4.78, 5) is 11.8. The first-order valence-electron chi connectivity index (χ1n) is 6.06. The van der Waals surface area contributed by atoms with Gasteiger partial charge in [-0.15, -0.1) is 0 Å². The van der Waals surface area contributed by atoms with Crippen molar-refractivity contribution in [2.24, 2.45) is 5.84 Å². The van der Waals surface area contributed by atoms with Crippen LogP contribution in [0, 0.1) is 10.1 Å². The zero-order valence-corrected chi connectivity index (χ0v) is 12.9. The number of benzene rings is 1. The van der Waals surface area contributed by atoms with Gasteiger partial charge in [-0.2, -0.15) is 4.31 Å². The molecule has 0 amide bonds. The molecule has 0 spiro atoms. The number of rotatable bonds is 7. The number of hydrogen-bond acceptors (Lipinski definition) is 7. The summed E-state index contributed by atoms with van der Waals surface area (Å²) < 4.78 is 26.1. The Bertz CT molecular complexity index is 617. The van der Waals surface area contributed by atoms with Crippen LogP contribution in [0.25, 0.3) is 0 Å². The first-order valence-corrected chi connectivity index (χ1v) is 7.50. The second-order valence-electron chi connectivity index (χ2n) is 4.71. The molecule has 21 heavy (non-hydrogen) atoms. The Morgan fingerprint density at radius 1 is 1.29 bits per heavy atom. The predicted molar refractivity (Wildman–Crippen MR) is 79.3 cm³/mol. The zero-order valence-electron chi connectivity index (χ0n) is 12.1. The lowest BCUT2D eigenvalue weighted by Gasteiger charge is -2.20. The van der Waals surface area contributed by atoms with Crippen molar-refractivity contribution in [2.75, 3.05) is 39.7 Å². The summed E-state index contributed by atoms with van der Waals surface area (Å²) in [5.41, 5.74) is 1.94. The highest BCUT2D eigenvalue weighted by Gasteiger charge is 2.25. The van der Waals surface area contributed by atoms with Crippen molar-refractivity contribution in [1.82, 2.24) is 9.21 Å². The Morgan fingerprint density at radius 3 is 2.38 bits per heavy atom. The standard InChI is InChI=1S/C11H19N5O4S/c1-14(2)6-7-15(3)21(19,20)11-5-4-9(16(17)18)8-10(11)13-12/h4-5,8,13H,6-7,12H2,1-3H3. The van der Waals surface area contributed by atoms with Gasteiger partial charge in [0.1, 0.15) is 4.90 Å². The molecule has 9 nitrogen and oxygen atoms in total. The number of nitro groups is 1. The van der Waals surface area contributed by atoms with Crippen molar-refractivity contribution in [1.29, 1.82) is 0 Å². The fraction of sp³-hybridized carbons (Fsp3) is 0.455. The minimum absolute atomic E-state index is 0.0131. The number of nitro benzene ring substituents is 1. The van der Waals surface area contributed by atoms with E-state index in [1.54, 1.807) is 0 Å². The first kappa shape index (κ1) is 17.3. The number of hydrazine groups is 1. The molecule has 0 atom stereocenters. The molecule has 0 aliphatic rings. The van der Waals surface area contributed by atoms with Crippen molar-refractivity contribution in [2.45, 2.75) is 4.90 Å². The van der Waals surface area contributed by atoms with E-state index in [2.05, 4.69) is 5.43 Å². The largest absolute Gasteiger partial charge is 0.323 e. The van der Waals surface area contributed by atoms with Crippen LogP contribution in [0.4, 0.5) is 11.4 Å². The molecule has 1 aromatic carbocycles. The number of nitrogens with one attached hydrogen (secondary N) is 1. The van der Waals surface area contributed by atoms with Gasteiger partial charge >= 0.3 is 0 Å². The summed E-state index contributed by atoms with van der Waals surface area (Å²) in [6, 6.07) is 3.40. The van der Waals surface area contributed by atoms with Gasteiger partial charge < -0.3 is 10.3 Å². The maximum absolute atomic E-state index is 12.4. The number of nitrogen functional groups attached to an aromatic ring is 1. The van der Waals surface area contributed by atoms with Crippen LogP contribution in [0.2, 0.25) is 0 Å². The van der Waals surface area contributed by atoms with Crippen LogP contribution < -0.4 is 11.3 Å². The summed E-state index contributed by atoms with van der Waals surface area (Å²) in [7, 11) is 1.33. The molecule has 3 N–H and O–H groups in total. The molecule has 0 bridgehead atoms. The van der Waals surface area contributed by atoms with E-state index in [4.69, 9.17) is 5.84 Å². The Kier molecular flexibility index (Phi) is 5.61. The highest BCUT2D eigenvalue weighted by atomic mass is 32.2. The lowest BCUT2D eigenvalue weighted by molar-refractivity contribution is -0.384. The maximum Gasteiger partial charge on any atom is 0.271 e. The molecule has 1 aromatic rings. The van der Waals surface area contributed by atoms with Crippen LogP contribution in [0.15, 0.2) is 23.1 Å². The molecular formula is C11H19N5O4S. The Hall–Kier alpha value is -1.75. The van der Waals surface area contributed by atoms with E-state index >= 15 is 0 Å². The van der Waals surface area contributed by atoms with Gasteiger partial charge in [0.05, 0.1) is 10.6 Å². The molecule has 0 aromatic heterocycles. The smallest absolute Gasteiger partial charge is 0.271 e. The molecule has 0 saturated carbocycles. The van der Waals surface area contributed by atoms with Gasteiger partial charge in [-0.25, -0.2) is 8.42 Å². The van der Waals surface area contributed by atoms with Crippen LogP contribution in [0.3, 0.4) is 0 Å². The van der Waals surface area contributed by atoms with Crippen molar-refractivity contribution >= 4 is 21.4 Å². The topological polar surface area (TPSA) is 122 Å². The molecular weight excluding hydrogens is 298 g/mol.